The van der Waals surface area contributed by atoms with Crippen molar-refractivity contribution in [1.82, 2.24) is 9.47 Å². The number of amides is 1. The second-order valence-corrected chi connectivity index (χ2v) is 9.35. The summed E-state index contributed by atoms with van der Waals surface area (Å²) in [7, 11) is -3.04. The summed E-state index contributed by atoms with van der Waals surface area (Å²) in [6.07, 6.45) is 6.99. The highest BCUT2D eigenvalue weighted by Gasteiger charge is 2.33. The number of aryl methyl sites for hydroxylation is 1. The third-order valence-corrected chi connectivity index (χ3v) is 6.84. The van der Waals surface area contributed by atoms with Crippen LogP contribution in [-0.4, -0.2) is 47.9 Å². The van der Waals surface area contributed by atoms with Crippen LogP contribution in [0.2, 0.25) is 0 Å². The number of hydrogen-bond acceptors (Lipinski definition) is 4. The van der Waals surface area contributed by atoms with Crippen LogP contribution in [0, 0.1) is 11.3 Å². The molecule has 0 spiro atoms. The average molecular weight is 400 g/mol. The lowest BCUT2D eigenvalue weighted by molar-refractivity contribution is -0.127. The molecule has 1 aromatic carbocycles. The average Bonchev–Trinajstić information content (AvgIpc) is 3.22. The molecule has 0 N–H and O–H groups in total. The number of aromatic nitrogens is 1. The van der Waals surface area contributed by atoms with Gasteiger partial charge in [0.1, 0.15) is 0 Å². The van der Waals surface area contributed by atoms with Gasteiger partial charge in [0.2, 0.25) is 5.91 Å². The molecule has 0 radical (unpaired) electrons. The van der Waals surface area contributed by atoms with Crippen molar-refractivity contribution >= 4 is 32.7 Å². The van der Waals surface area contributed by atoms with Gasteiger partial charge in [-0.1, -0.05) is 25.1 Å². The summed E-state index contributed by atoms with van der Waals surface area (Å²) in [4.78, 5) is 14.5. The van der Waals surface area contributed by atoms with Gasteiger partial charge in [-0.3, -0.25) is 4.79 Å². The molecule has 0 aliphatic carbocycles. The molecule has 1 aliphatic heterocycles. The van der Waals surface area contributed by atoms with Crippen molar-refractivity contribution in [3.05, 3.63) is 42.1 Å². The highest BCUT2D eigenvalue weighted by Crippen LogP contribution is 2.24. The molecule has 1 unspecified atom stereocenters. The largest absolute Gasteiger partial charge is 0.346 e. The zero-order valence-corrected chi connectivity index (χ0v) is 16.9. The summed E-state index contributed by atoms with van der Waals surface area (Å²) < 4.78 is 25.6. The number of fused-ring (bicyclic) bond motifs is 1. The first kappa shape index (κ1) is 20.2. The number of para-hydroxylation sites is 1. The van der Waals surface area contributed by atoms with Crippen molar-refractivity contribution in [2.45, 2.75) is 38.8 Å². The first-order valence-corrected chi connectivity index (χ1v) is 11.4. The highest BCUT2D eigenvalue weighted by atomic mass is 32.2. The van der Waals surface area contributed by atoms with Crippen LogP contribution in [0.15, 0.2) is 36.5 Å². The van der Waals surface area contributed by atoms with Crippen LogP contribution in [-0.2, 0) is 21.2 Å². The monoisotopic (exact) mass is 399 g/mol. The lowest BCUT2D eigenvalue weighted by atomic mass is 10.1. The van der Waals surface area contributed by atoms with E-state index >= 15 is 0 Å². The lowest BCUT2D eigenvalue weighted by Gasteiger charge is -2.26. The van der Waals surface area contributed by atoms with E-state index in [-0.39, 0.29) is 23.5 Å². The summed E-state index contributed by atoms with van der Waals surface area (Å²) >= 11 is 0. The quantitative estimate of drug-likeness (QED) is 0.670. The first-order valence-electron chi connectivity index (χ1n) is 9.59. The van der Waals surface area contributed by atoms with Crippen LogP contribution in [0.4, 0.5) is 0 Å². The molecule has 1 aromatic heterocycles. The molecule has 1 aliphatic rings. The maximum atomic E-state index is 12.8. The zero-order valence-electron chi connectivity index (χ0n) is 16.0. The number of benzene rings is 1. The van der Waals surface area contributed by atoms with Crippen molar-refractivity contribution in [3.63, 3.8) is 0 Å². The van der Waals surface area contributed by atoms with Gasteiger partial charge in [-0.15, -0.1) is 0 Å². The molecule has 1 fully saturated rings. The summed E-state index contributed by atoms with van der Waals surface area (Å²) in [5, 5.41) is 9.89. The maximum absolute atomic E-state index is 12.8. The Balaban J connectivity index is 1.83. The van der Waals surface area contributed by atoms with Gasteiger partial charge in [0.15, 0.2) is 9.84 Å². The molecule has 0 bridgehead atoms. The minimum absolute atomic E-state index is 0.0556. The number of nitriles is 1. The molecule has 0 saturated carbocycles. The van der Waals surface area contributed by atoms with Gasteiger partial charge in [-0.25, -0.2) is 8.42 Å². The van der Waals surface area contributed by atoms with Gasteiger partial charge < -0.3 is 9.47 Å². The zero-order chi connectivity index (χ0) is 20.1. The Bertz CT molecular complexity index is 1030. The number of sulfone groups is 1. The van der Waals surface area contributed by atoms with Crippen LogP contribution >= 0.6 is 0 Å². The number of rotatable bonds is 7. The van der Waals surface area contributed by atoms with E-state index in [0.717, 1.165) is 22.9 Å². The van der Waals surface area contributed by atoms with E-state index in [2.05, 4.69) is 6.07 Å². The van der Waals surface area contributed by atoms with E-state index in [1.54, 1.807) is 11.0 Å². The smallest absolute Gasteiger partial charge is 0.246 e. The van der Waals surface area contributed by atoms with E-state index in [4.69, 9.17) is 5.26 Å². The fraction of sp³-hybridized carbons (Fsp3) is 0.429. The van der Waals surface area contributed by atoms with Gasteiger partial charge in [-0.2, -0.15) is 5.26 Å². The Hall–Kier alpha value is -2.59. The maximum Gasteiger partial charge on any atom is 0.246 e. The van der Waals surface area contributed by atoms with Crippen molar-refractivity contribution in [3.8, 4) is 6.07 Å². The molecule has 2 heterocycles. The summed E-state index contributed by atoms with van der Waals surface area (Å²) in [6, 6.07) is 9.81. The van der Waals surface area contributed by atoms with Gasteiger partial charge in [0, 0.05) is 47.9 Å². The van der Waals surface area contributed by atoms with Crippen molar-refractivity contribution < 1.29 is 13.2 Å². The molecule has 28 heavy (non-hydrogen) atoms. The normalized spacial score (nSPS) is 18.5. The fourth-order valence-electron chi connectivity index (χ4n) is 3.76. The van der Waals surface area contributed by atoms with Crippen molar-refractivity contribution in [2.75, 3.05) is 18.1 Å². The van der Waals surface area contributed by atoms with Gasteiger partial charge in [-0.05, 0) is 25.0 Å². The van der Waals surface area contributed by atoms with Crippen molar-refractivity contribution in [2.24, 2.45) is 0 Å². The number of hydrogen-bond donors (Lipinski definition) is 0. The molecule has 6 nitrogen and oxygen atoms in total. The molecular weight excluding hydrogens is 374 g/mol. The number of carbonyl (C=O) groups is 1. The third kappa shape index (κ3) is 4.45. The van der Waals surface area contributed by atoms with Crippen LogP contribution in [0.5, 0.6) is 0 Å². The SMILES string of the molecule is CCCN(C(=O)C=Cc1cn(CCC#N)c2ccccc12)C1CCS(=O)(=O)C1. The highest BCUT2D eigenvalue weighted by molar-refractivity contribution is 7.91. The van der Waals surface area contributed by atoms with E-state index in [0.29, 0.717) is 25.9 Å². The minimum Gasteiger partial charge on any atom is -0.346 e. The first-order chi connectivity index (χ1) is 13.4. The molecule has 3 rings (SSSR count). The Morgan fingerprint density at radius 2 is 2.18 bits per heavy atom. The second kappa shape index (κ2) is 8.61. The van der Waals surface area contributed by atoms with E-state index in [9.17, 15) is 13.2 Å². The predicted octanol–water partition coefficient (Wildman–Crippen LogP) is 2.99. The van der Waals surface area contributed by atoms with Crippen molar-refractivity contribution in [1.29, 1.82) is 5.26 Å². The minimum atomic E-state index is -3.04. The summed E-state index contributed by atoms with van der Waals surface area (Å²) in [5.41, 5.74) is 1.94. The van der Waals surface area contributed by atoms with Gasteiger partial charge in [0.05, 0.1) is 24.0 Å². The molecule has 1 atom stereocenters. The summed E-state index contributed by atoms with van der Waals surface area (Å²) in [5.74, 6) is 0.0548. The van der Waals surface area contributed by atoms with Crippen LogP contribution < -0.4 is 0 Å². The van der Waals surface area contributed by atoms with E-state index < -0.39 is 9.84 Å². The van der Waals surface area contributed by atoms with Crippen LogP contribution in [0.3, 0.4) is 0 Å². The number of carbonyl (C=O) groups excluding carboxylic acids is 1. The number of nitrogens with zero attached hydrogens (tertiary/aromatic N) is 3. The Kier molecular flexibility index (Phi) is 6.20. The fourth-order valence-corrected chi connectivity index (χ4v) is 5.49. The standard InChI is InChI=1S/C21H25N3O3S/c1-2-12-24(18-10-14-28(26,27)16-18)21(25)9-8-17-15-23(13-5-11-22)20-7-4-3-6-19(17)20/h3-4,6-9,15,18H,2,5,10,12-14,16H2,1H3. The van der Waals surface area contributed by atoms with Gasteiger partial charge in [0.25, 0.3) is 0 Å². The predicted molar refractivity (Wildman–Crippen MR) is 110 cm³/mol. The molecule has 1 amide bonds. The third-order valence-electron chi connectivity index (χ3n) is 5.09. The topological polar surface area (TPSA) is 83.2 Å². The molecular formula is C21H25N3O3S. The Labute approximate surface area is 166 Å². The molecule has 1 saturated heterocycles. The second-order valence-electron chi connectivity index (χ2n) is 7.12. The molecule has 148 valence electrons. The van der Waals surface area contributed by atoms with Crippen LogP contribution in [0.1, 0.15) is 31.7 Å². The van der Waals surface area contributed by atoms with Gasteiger partial charge >= 0.3 is 0 Å². The van der Waals surface area contributed by atoms with Crippen LogP contribution in [0.25, 0.3) is 17.0 Å². The Morgan fingerprint density at radius 1 is 1.39 bits per heavy atom. The Morgan fingerprint density at radius 3 is 2.86 bits per heavy atom. The molecule has 2 aromatic rings. The van der Waals surface area contributed by atoms with E-state index in [1.807, 2.05) is 42.0 Å². The van der Waals surface area contributed by atoms with E-state index in [1.165, 1.54) is 6.08 Å². The lowest BCUT2D eigenvalue weighted by Crippen LogP contribution is -2.40. The molecule has 7 heteroatoms. The summed E-state index contributed by atoms with van der Waals surface area (Å²) in [6.45, 7) is 3.13.